The van der Waals surface area contributed by atoms with Crippen LogP contribution < -0.4 is 15.5 Å². The van der Waals surface area contributed by atoms with Gasteiger partial charge in [0.05, 0.1) is 4.75 Å². The largest absolute Gasteiger partial charge is 0.375 e. The van der Waals surface area contributed by atoms with Gasteiger partial charge in [-0.25, -0.2) is 0 Å². The molecule has 2 rings (SSSR count). The molecule has 0 saturated carbocycles. The van der Waals surface area contributed by atoms with Crippen LogP contribution >= 0.6 is 11.8 Å². The van der Waals surface area contributed by atoms with Crippen molar-refractivity contribution in [2.45, 2.75) is 31.1 Å². The highest BCUT2D eigenvalue weighted by Gasteiger charge is 2.37. The topological polar surface area (TPSA) is 61.4 Å². The Morgan fingerprint density at radius 2 is 2.09 bits per heavy atom. The smallest absolute Gasteiger partial charge is 0.243 e. The zero-order valence-electron chi connectivity index (χ0n) is 14.0. The summed E-state index contributed by atoms with van der Waals surface area (Å²) in [6.07, 6.45) is 0.858. The molecule has 1 saturated heterocycles. The van der Waals surface area contributed by atoms with Crippen molar-refractivity contribution in [3.05, 3.63) is 30.3 Å². The van der Waals surface area contributed by atoms with E-state index in [1.165, 1.54) is 11.8 Å². The molecule has 1 heterocycles. The molecular weight excluding hydrogens is 310 g/mol. The third-order valence-electron chi connectivity index (χ3n) is 3.95. The standard InChI is InChI=1S/C17H25N3O2S/c1-17(2)16(22)19-14(12-23-17)15(21)18-10-7-11-20(3)13-8-5-4-6-9-13/h4-6,8-9,14H,7,10-12H2,1-3H3,(H,18,21)(H,19,22). The molecule has 0 radical (unpaired) electrons. The summed E-state index contributed by atoms with van der Waals surface area (Å²) >= 11 is 1.53. The van der Waals surface area contributed by atoms with Gasteiger partial charge in [0.2, 0.25) is 11.8 Å². The Morgan fingerprint density at radius 1 is 1.39 bits per heavy atom. The minimum atomic E-state index is -0.449. The van der Waals surface area contributed by atoms with Crippen molar-refractivity contribution in [1.82, 2.24) is 10.6 Å². The minimum absolute atomic E-state index is 0.0716. The van der Waals surface area contributed by atoms with Gasteiger partial charge in [-0.3, -0.25) is 9.59 Å². The van der Waals surface area contributed by atoms with E-state index in [1.54, 1.807) is 0 Å². The van der Waals surface area contributed by atoms with Crippen molar-refractivity contribution < 1.29 is 9.59 Å². The maximum atomic E-state index is 12.1. The number of thioether (sulfide) groups is 1. The van der Waals surface area contributed by atoms with Gasteiger partial charge in [-0.05, 0) is 32.4 Å². The highest BCUT2D eigenvalue weighted by molar-refractivity contribution is 8.01. The summed E-state index contributed by atoms with van der Waals surface area (Å²) in [5.41, 5.74) is 1.16. The van der Waals surface area contributed by atoms with E-state index in [-0.39, 0.29) is 11.8 Å². The molecule has 0 aromatic heterocycles. The second-order valence-corrected chi connectivity index (χ2v) is 7.89. The first kappa shape index (κ1) is 17.7. The van der Waals surface area contributed by atoms with Crippen LogP contribution in [0.4, 0.5) is 5.69 Å². The lowest BCUT2D eigenvalue weighted by Gasteiger charge is -2.32. The Bertz CT molecular complexity index is 548. The summed E-state index contributed by atoms with van der Waals surface area (Å²) in [7, 11) is 2.04. The van der Waals surface area contributed by atoms with E-state index in [0.29, 0.717) is 12.3 Å². The van der Waals surface area contributed by atoms with Crippen molar-refractivity contribution in [3.63, 3.8) is 0 Å². The summed E-state index contributed by atoms with van der Waals surface area (Å²) in [5, 5.41) is 5.71. The lowest BCUT2D eigenvalue weighted by Crippen LogP contribution is -2.57. The normalized spacial score (nSPS) is 19.8. The van der Waals surface area contributed by atoms with Crippen molar-refractivity contribution in [1.29, 1.82) is 0 Å². The Hall–Kier alpha value is -1.69. The highest BCUT2D eigenvalue weighted by atomic mass is 32.2. The summed E-state index contributed by atoms with van der Waals surface area (Å²) in [6, 6.07) is 9.73. The number of nitrogens with zero attached hydrogens (tertiary/aromatic N) is 1. The number of amides is 2. The number of para-hydroxylation sites is 1. The summed E-state index contributed by atoms with van der Waals surface area (Å²) in [5.74, 6) is 0.454. The lowest BCUT2D eigenvalue weighted by atomic mass is 10.1. The van der Waals surface area contributed by atoms with Crippen molar-refractivity contribution in [2.75, 3.05) is 30.8 Å². The molecule has 0 bridgehead atoms. The van der Waals surface area contributed by atoms with Crippen LogP contribution in [0.25, 0.3) is 0 Å². The maximum Gasteiger partial charge on any atom is 0.243 e. The van der Waals surface area contributed by atoms with E-state index in [4.69, 9.17) is 0 Å². The Morgan fingerprint density at radius 3 is 2.74 bits per heavy atom. The van der Waals surface area contributed by atoms with Crippen molar-refractivity contribution in [3.8, 4) is 0 Å². The zero-order chi connectivity index (χ0) is 16.9. The van der Waals surface area contributed by atoms with Crippen LogP contribution in [-0.4, -0.2) is 48.5 Å². The number of benzene rings is 1. The van der Waals surface area contributed by atoms with Crippen LogP contribution in [0.2, 0.25) is 0 Å². The molecule has 6 heteroatoms. The summed E-state index contributed by atoms with van der Waals surface area (Å²) in [4.78, 5) is 26.2. The van der Waals surface area contributed by atoms with E-state index in [9.17, 15) is 9.59 Å². The van der Waals surface area contributed by atoms with Crippen LogP contribution in [-0.2, 0) is 9.59 Å². The SMILES string of the molecule is CN(CCCNC(=O)C1CSC(C)(C)C(=O)N1)c1ccccc1. The molecule has 1 unspecified atom stereocenters. The fraction of sp³-hybridized carbons (Fsp3) is 0.529. The number of carbonyl (C=O) groups excluding carboxylic acids is 2. The van der Waals surface area contributed by atoms with Gasteiger partial charge < -0.3 is 15.5 Å². The fourth-order valence-corrected chi connectivity index (χ4v) is 3.34. The van der Waals surface area contributed by atoms with Gasteiger partial charge in [-0.15, -0.1) is 11.8 Å². The fourth-order valence-electron chi connectivity index (χ4n) is 2.33. The summed E-state index contributed by atoms with van der Waals surface area (Å²) in [6.45, 7) is 5.22. The minimum Gasteiger partial charge on any atom is -0.375 e. The first-order valence-corrected chi connectivity index (χ1v) is 8.87. The number of nitrogens with one attached hydrogen (secondary N) is 2. The Kier molecular flexibility index (Phi) is 5.93. The molecule has 1 fully saturated rings. The van der Waals surface area contributed by atoms with Gasteiger partial charge in [-0.2, -0.15) is 0 Å². The average Bonchev–Trinajstić information content (AvgIpc) is 2.54. The molecule has 1 aromatic rings. The maximum absolute atomic E-state index is 12.1. The van der Waals surface area contributed by atoms with E-state index < -0.39 is 10.8 Å². The van der Waals surface area contributed by atoms with Crippen LogP contribution in [0, 0.1) is 0 Å². The predicted octanol–water partition coefficient (Wildman–Crippen LogP) is 1.64. The van der Waals surface area contributed by atoms with Crippen LogP contribution in [0.3, 0.4) is 0 Å². The van der Waals surface area contributed by atoms with Gasteiger partial charge in [0.25, 0.3) is 0 Å². The number of hydrogen-bond donors (Lipinski definition) is 2. The molecule has 1 aromatic carbocycles. The number of carbonyl (C=O) groups is 2. The van der Waals surface area contributed by atoms with Crippen LogP contribution in [0.5, 0.6) is 0 Å². The third-order valence-corrected chi connectivity index (χ3v) is 5.35. The predicted molar refractivity (Wildman–Crippen MR) is 95.8 cm³/mol. The average molecular weight is 335 g/mol. The zero-order valence-corrected chi connectivity index (χ0v) is 14.8. The number of anilines is 1. The molecule has 2 amide bonds. The van der Waals surface area contributed by atoms with Crippen LogP contribution in [0.15, 0.2) is 30.3 Å². The lowest BCUT2D eigenvalue weighted by molar-refractivity contribution is -0.129. The Labute approximate surface area is 142 Å². The monoisotopic (exact) mass is 335 g/mol. The molecule has 1 aliphatic heterocycles. The highest BCUT2D eigenvalue weighted by Crippen LogP contribution is 2.28. The third kappa shape index (κ3) is 4.89. The molecule has 5 nitrogen and oxygen atoms in total. The van der Waals surface area contributed by atoms with Crippen LogP contribution in [0.1, 0.15) is 20.3 Å². The van der Waals surface area contributed by atoms with Gasteiger partial charge in [0.1, 0.15) is 6.04 Å². The first-order chi connectivity index (χ1) is 10.9. The summed E-state index contributed by atoms with van der Waals surface area (Å²) < 4.78 is -0.449. The van der Waals surface area contributed by atoms with Crippen molar-refractivity contribution >= 4 is 29.3 Å². The van der Waals surface area contributed by atoms with Gasteiger partial charge in [0.15, 0.2) is 0 Å². The second kappa shape index (κ2) is 7.73. The quantitative estimate of drug-likeness (QED) is 0.776. The molecule has 0 spiro atoms. The van der Waals surface area contributed by atoms with E-state index in [2.05, 4.69) is 27.7 Å². The molecule has 126 valence electrons. The molecule has 2 N–H and O–H groups in total. The molecular formula is C17H25N3O2S. The molecule has 1 atom stereocenters. The van der Waals surface area contributed by atoms with Crippen molar-refractivity contribution in [2.24, 2.45) is 0 Å². The molecule has 0 aliphatic carbocycles. The van der Waals surface area contributed by atoms with Gasteiger partial charge in [0, 0.05) is 31.6 Å². The van der Waals surface area contributed by atoms with Gasteiger partial charge >= 0.3 is 0 Å². The van der Waals surface area contributed by atoms with E-state index in [0.717, 1.165) is 18.7 Å². The van der Waals surface area contributed by atoms with E-state index in [1.807, 2.05) is 39.1 Å². The molecule has 1 aliphatic rings. The Balaban J connectivity index is 1.68. The van der Waals surface area contributed by atoms with E-state index >= 15 is 0 Å². The van der Waals surface area contributed by atoms with Gasteiger partial charge in [-0.1, -0.05) is 18.2 Å². The molecule has 23 heavy (non-hydrogen) atoms. The first-order valence-electron chi connectivity index (χ1n) is 7.89. The number of hydrogen-bond acceptors (Lipinski definition) is 4. The number of rotatable bonds is 6. The second-order valence-electron chi connectivity index (χ2n) is 6.25.